The molecule has 0 fully saturated rings. The number of rotatable bonds is 6. The monoisotopic (exact) mass is 883 g/mol. The van der Waals surface area contributed by atoms with Gasteiger partial charge in [-0.3, -0.25) is 15.0 Å². The molecule has 7 aromatic heterocycles. The van der Waals surface area contributed by atoms with Gasteiger partial charge in [0.05, 0.1) is 25.7 Å². The van der Waals surface area contributed by atoms with Crippen LogP contribution in [0.1, 0.15) is 0 Å². The molecule has 0 aliphatic heterocycles. The minimum absolute atomic E-state index is 0.773. The van der Waals surface area contributed by atoms with Crippen LogP contribution in [0.4, 0.5) is 0 Å². The van der Waals surface area contributed by atoms with Crippen molar-refractivity contribution in [3.05, 3.63) is 201 Å². The van der Waals surface area contributed by atoms with Crippen molar-refractivity contribution in [2.75, 3.05) is 0 Å². The van der Waals surface area contributed by atoms with Crippen LogP contribution in [-0.2, 0) is 0 Å². The van der Waals surface area contributed by atoms with Crippen molar-refractivity contribution in [1.29, 1.82) is 0 Å². The molecule has 0 amide bonds. The molecule has 7 heterocycles. The van der Waals surface area contributed by atoms with E-state index in [1.807, 2.05) is 36.0 Å². The Kier molecular flexibility index (Phi) is 7.98. The van der Waals surface area contributed by atoms with E-state index in [0.29, 0.717) is 0 Å². The highest BCUT2D eigenvalue weighted by Gasteiger charge is 2.48. The predicted octanol–water partition coefficient (Wildman–Crippen LogP) is 13.1. The van der Waals surface area contributed by atoms with Gasteiger partial charge < -0.3 is 8.83 Å². The minimum atomic E-state index is -3.42. The quantitative estimate of drug-likeness (QED) is 0.156. The Morgan fingerprint density at radius 1 is 0.338 bits per heavy atom. The number of furan rings is 2. The van der Waals surface area contributed by atoms with Gasteiger partial charge in [-0.15, -0.1) is 22.7 Å². The zero-order valence-corrected chi connectivity index (χ0v) is 37.2. The van der Waals surface area contributed by atoms with Crippen molar-refractivity contribution < 1.29 is 8.83 Å². The van der Waals surface area contributed by atoms with E-state index < -0.39 is 8.07 Å². The largest absolute Gasteiger partial charge is 0.455 e. The molecule has 0 spiro atoms. The van der Waals surface area contributed by atoms with Crippen LogP contribution in [0, 0.1) is 0 Å². The molecule has 0 saturated heterocycles. The van der Waals surface area contributed by atoms with Crippen LogP contribution in [-0.4, -0.2) is 23.0 Å². The minimum Gasteiger partial charge on any atom is -0.455 e. The highest BCUT2D eigenvalue weighted by molar-refractivity contribution is 7.31. The average molecular weight is 884 g/mol. The lowest BCUT2D eigenvalue weighted by molar-refractivity contribution is 0.670. The molecule has 0 radical (unpaired) electrons. The zero-order valence-electron chi connectivity index (χ0n) is 34.5. The third-order valence-electron chi connectivity index (χ3n) is 13.2. The SMILES string of the molecule is c1ccc([Si](c2ccccc2)(c2nccc3c2oc2c(-c4nccc5c4sc4ccccc45)cccc23)c2nccc3c2sc2c(-c4cccc5c4oc4ccccc45)cccc23)cc1. The first-order chi connectivity index (χ1) is 32.3. The Bertz CT molecular complexity index is 3940. The fraction of sp³-hybridized carbons (Fsp3) is 0. The maximum absolute atomic E-state index is 7.38. The molecule has 304 valence electrons. The van der Waals surface area contributed by atoms with Crippen molar-refractivity contribution >= 4 is 136 Å². The standard InChI is InChI=1S/C57H33N3O2S2Si/c1-3-14-34(15-4-1)65(35-16-5-2-6-17-35,56-52-41(28-32-59-56)39-21-12-25-46(51(39)62-52)49-54-44(29-31-58-49)37-19-8-10-27-48(37)63-54)57-55-45(30-33-60-57)43-24-13-23-42(53(43)64-55)40-22-11-20-38-36-18-7-9-26-47(36)61-50(38)40/h1-33H. The van der Waals surface area contributed by atoms with Gasteiger partial charge in [0, 0.05) is 87.8 Å². The van der Waals surface area contributed by atoms with Crippen LogP contribution in [0.25, 0.3) is 107 Å². The van der Waals surface area contributed by atoms with Gasteiger partial charge in [0.25, 0.3) is 0 Å². The van der Waals surface area contributed by atoms with Gasteiger partial charge in [-0.2, -0.15) is 0 Å². The fourth-order valence-electron chi connectivity index (χ4n) is 10.4. The molecule has 0 atom stereocenters. The molecule has 0 saturated carbocycles. The maximum Gasteiger partial charge on any atom is 0.230 e. The summed E-state index contributed by atoms with van der Waals surface area (Å²) in [6.07, 6.45) is 5.89. The summed E-state index contributed by atoms with van der Waals surface area (Å²) in [6.45, 7) is 0. The molecule has 65 heavy (non-hydrogen) atoms. The smallest absolute Gasteiger partial charge is 0.230 e. The second-order valence-electron chi connectivity index (χ2n) is 16.5. The van der Waals surface area contributed by atoms with Gasteiger partial charge >= 0.3 is 0 Å². The van der Waals surface area contributed by atoms with E-state index in [0.717, 1.165) is 86.3 Å². The Hall–Kier alpha value is -7.75. The molecule has 5 nitrogen and oxygen atoms in total. The Labute approximate surface area is 380 Å². The summed E-state index contributed by atoms with van der Waals surface area (Å²) in [5.41, 5.74) is 7.45. The number of aromatic nitrogens is 3. The number of fused-ring (bicyclic) bond motifs is 12. The number of pyridine rings is 3. The lowest BCUT2D eigenvalue weighted by Gasteiger charge is -2.32. The molecule has 14 aromatic rings. The van der Waals surface area contributed by atoms with Gasteiger partial charge in [-0.1, -0.05) is 146 Å². The van der Waals surface area contributed by atoms with Crippen LogP contribution in [0.15, 0.2) is 209 Å². The fourth-order valence-corrected chi connectivity index (χ4v) is 18.0. The number of nitrogens with zero attached hydrogens (tertiary/aromatic N) is 3. The van der Waals surface area contributed by atoms with Crippen LogP contribution in [0.2, 0.25) is 0 Å². The first-order valence-electron chi connectivity index (χ1n) is 21.7. The third-order valence-corrected chi connectivity index (χ3v) is 20.4. The van der Waals surface area contributed by atoms with E-state index in [2.05, 4.69) is 176 Å². The van der Waals surface area contributed by atoms with E-state index in [9.17, 15) is 0 Å². The Morgan fingerprint density at radius 2 is 0.877 bits per heavy atom. The zero-order chi connectivity index (χ0) is 42.6. The summed E-state index contributed by atoms with van der Waals surface area (Å²) >= 11 is 3.59. The van der Waals surface area contributed by atoms with Crippen LogP contribution >= 0.6 is 22.7 Å². The first kappa shape index (κ1) is 36.7. The third kappa shape index (κ3) is 5.21. The molecule has 0 N–H and O–H groups in total. The van der Waals surface area contributed by atoms with Gasteiger partial charge in [0.15, 0.2) is 5.58 Å². The highest BCUT2D eigenvalue weighted by atomic mass is 32.1. The van der Waals surface area contributed by atoms with Gasteiger partial charge in [0.1, 0.15) is 16.7 Å². The summed E-state index contributed by atoms with van der Waals surface area (Å²) in [7, 11) is -3.42. The average Bonchev–Trinajstić information content (AvgIpc) is 4.16. The molecule has 7 aromatic carbocycles. The van der Waals surface area contributed by atoms with Crippen LogP contribution in [0.5, 0.6) is 0 Å². The second-order valence-corrected chi connectivity index (χ2v) is 22.2. The molecule has 0 aliphatic carbocycles. The van der Waals surface area contributed by atoms with Crippen molar-refractivity contribution in [1.82, 2.24) is 15.0 Å². The molecular weight excluding hydrogens is 851 g/mol. The molecule has 8 heteroatoms. The van der Waals surface area contributed by atoms with Gasteiger partial charge in [-0.25, -0.2) is 0 Å². The van der Waals surface area contributed by atoms with Crippen molar-refractivity contribution in [2.45, 2.75) is 0 Å². The maximum atomic E-state index is 7.38. The van der Waals surface area contributed by atoms with Crippen molar-refractivity contribution in [3.8, 4) is 22.4 Å². The van der Waals surface area contributed by atoms with E-state index in [4.69, 9.17) is 23.8 Å². The van der Waals surface area contributed by atoms with E-state index in [1.165, 1.54) is 41.3 Å². The summed E-state index contributed by atoms with van der Waals surface area (Å²) < 4.78 is 18.7. The van der Waals surface area contributed by atoms with Crippen LogP contribution in [0.3, 0.4) is 0 Å². The van der Waals surface area contributed by atoms with Crippen molar-refractivity contribution in [3.63, 3.8) is 0 Å². The highest BCUT2D eigenvalue weighted by Crippen LogP contribution is 2.45. The van der Waals surface area contributed by atoms with Gasteiger partial charge in [0.2, 0.25) is 8.07 Å². The molecule has 0 bridgehead atoms. The van der Waals surface area contributed by atoms with E-state index >= 15 is 0 Å². The van der Waals surface area contributed by atoms with E-state index in [-0.39, 0.29) is 0 Å². The predicted molar refractivity (Wildman–Crippen MR) is 275 cm³/mol. The number of hydrogen-bond acceptors (Lipinski definition) is 7. The molecular formula is C57H33N3O2S2Si. The molecule has 0 aliphatic rings. The number of para-hydroxylation sites is 3. The first-order valence-corrected chi connectivity index (χ1v) is 25.3. The summed E-state index contributed by atoms with van der Waals surface area (Å²) in [5.74, 6) is 0. The normalized spacial score (nSPS) is 12.3. The van der Waals surface area contributed by atoms with Crippen LogP contribution < -0.4 is 21.0 Å². The topological polar surface area (TPSA) is 65.0 Å². The van der Waals surface area contributed by atoms with E-state index in [1.54, 1.807) is 11.3 Å². The molecule has 14 rings (SSSR count). The number of benzene rings is 7. The van der Waals surface area contributed by atoms with Gasteiger partial charge in [-0.05, 0) is 46.8 Å². The Balaban J connectivity index is 1.07. The number of hydrogen-bond donors (Lipinski definition) is 0. The summed E-state index contributed by atoms with van der Waals surface area (Å²) in [5, 5.41) is 13.4. The number of thiophene rings is 2. The summed E-state index contributed by atoms with van der Waals surface area (Å²) in [4.78, 5) is 16.0. The second kappa shape index (κ2) is 14.1. The lowest BCUT2D eigenvalue weighted by Crippen LogP contribution is -2.76. The van der Waals surface area contributed by atoms with Crippen molar-refractivity contribution in [2.24, 2.45) is 0 Å². The Morgan fingerprint density at radius 3 is 1.66 bits per heavy atom. The molecule has 0 unspecified atom stereocenters. The lowest BCUT2D eigenvalue weighted by atomic mass is 10.0. The summed E-state index contributed by atoms with van der Waals surface area (Å²) in [6, 6.07) is 64.7.